The van der Waals surface area contributed by atoms with Gasteiger partial charge in [0.25, 0.3) is 0 Å². The van der Waals surface area contributed by atoms with Crippen LogP contribution in [0.4, 0.5) is 21.5 Å². The summed E-state index contributed by atoms with van der Waals surface area (Å²) in [5.41, 5.74) is 3.56. The molecular weight excluding hydrogens is 553 g/mol. The van der Waals surface area contributed by atoms with Crippen LogP contribution in [-0.4, -0.2) is 84.7 Å². The zero-order valence-electron chi connectivity index (χ0n) is 24.1. The molecule has 224 valence electrons. The number of aromatic nitrogens is 5. The first kappa shape index (κ1) is 28.3. The van der Waals surface area contributed by atoms with Gasteiger partial charge in [0.1, 0.15) is 25.1 Å². The van der Waals surface area contributed by atoms with Crippen LogP contribution in [0.5, 0.6) is 0 Å². The van der Waals surface area contributed by atoms with Crippen molar-refractivity contribution in [3.05, 3.63) is 61.1 Å². The summed E-state index contributed by atoms with van der Waals surface area (Å²) in [6, 6.07) is 4.49. The summed E-state index contributed by atoms with van der Waals surface area (Å²) in [7, 11) is 1.86. The standard InChI is InChI=1S/C30H34FN9O3/c1-19(41)26-16-39(27-6-5-21(9-25(26)27)35-23-10-32-18-33-11-23)17-29(42)40-13-20(31)8-28(40)30(43)36-22-4-3-7-38(14-22)24-12-34-37(2)15-24/h5-6,9-12,15-16,18,20,22,28,35H,3-4,7-8,13-14,17H2,1-2H3,(H,36,43). The van der Waals surface area contributed by atoms with Gasteiger partial charge in [0.2, 0.25) is 11.8 Å². The van der Waals surface area contributed by atoms with Crippen molar-refractivity contribution >= 4 is 45.6 Å². The quantitative estimate of drug-likeness (QED) is 0.301. The molecule has 3 atom stereocenters. The Balaban J connectivity index is 1.16. The smallest absolute Gasteiger partial charge is 0.243 e. The Bertz CT molecular complexity index is 1650. The molecule has 0 saturated carbocycles. The summed E-state index contributed by atoms with van der Waals surface area (Å²) in [5, 5.41) is 11.2. The van der Waals surface area contributed by atoms with Crippen molar-refractivity contribution in [2.75, 3.05) is 29.9 Å². The van der Waals surface area contributed by atoms with E-state index in [4.69, 9.17) is 0 Å². The average molecular weight is 588 g/mol. The molecule has 2 aliphatic rings. The number of anilines is 3. The molecule has 1 aromatic carbocycles. The highest BCUT2D eigenvalue weighted by molar-refractivity contribution is 6.08. The number of hydrogen-bond acceptors (Lipinski definition) is 8. The third-order valence-corrected chi connectivity index (χ3v) is 8.11. The molecule has 2 fully saturated rings. The maximum Gasteiger partial charge on any atom is 0.243 e. The second kappa shape index (κ2) is 11.8. The largest absolute Gasteiger partial charge is 0.367 e. The summed E-state index contributed by atoms with van der Waals surface area (Å²) < 4.78 is 18.1. The number of piperidine rings is 1. The topological polar surface area (TPSA) is 130 Å². The Labute approximate surface area is 247 Å². The van der Waals surface area contributed by atoms with Crippen LogP contribution in [0, 0.1) is 0 Å². The van der Waals surface area contributed by atoms with Crippen LogP contribution >= 0.6 is 0 Å². The second-order valence-corrected chi connectivity index (χ2v) is 11.3. The predicted molar refractivity (Wildman–Crippen MR) is 159 cm³/mol. The van der Waals surface area contributed by atoms with E-state index >= 15 is 0 Å². The molecule has 6 rings (SSSR count). The van der Waals surface area contributed by atoms with E-state index in [1.54, 1.807) is 34.0 Å². The number of likely N-dealkylation sites (tertiary alicyclic amines) is 1. The molecule has 3 unspecified atom stereocenters. The molecule has 0 spiro atoms. The highest BCUT2D eigenvalue weighted by atomic mass is 19.1. The maximum atomic E-state index is 14.7. The van der Waals surface area contributed by atoms with Crippen molar-refractivity contribution in [1.82, 2.24) is 34.5 Å². The van der Waals surface area contributed by atoms with Gasteiger partial charge >= 0.3 is 0 Å². The Kier molecular flexibility index (Phi) is 7.78. The van der Waals surface area contributed by atoms with Gasteiger partial charge in [-0.3, -0.25) is 19.1 Å². The first-order valence-corrected chi connectivity index (χ1v) is 14.4. The minimum atomic E-state index is -1.29. The van der Waals surface area contributed by atoms with Crippen LogP contribution in [0.15, 0.2) is 55.5 Å². The summed E-state index contributed by atoms with van der Waals surface area (Å²) >= 11 is 0. The van der Waals surface area contributed by atoms with Crippen LogP contribution in [0.25, 0.3) is 10.9 Å². The molecule has 2 N–H and O–H groups in total. The third kappa shape index (κ3) is 6.06. The Morgan fingerprint density at radius 3 is 2.63 bits per heavy atom. The van der Waals surface area contributed by atoms with E-state index < -0.39 is 12.2 Å². The van der Waals surface area contributed by atoms with Gasteiger partial charge in [-0.05, 0) is 38.0 Å². The fourth-order valence-electron chi connectivity index (χ4n) is 6.06. The molecule has 5 heterocycles. The average Bonchev–Trinajstić information content (AvgIpc) is 3.70. The van der Waals surface area contributed by atoms with Crippen molar-refractivity contribution in [2.24, 2.45) is 7.05 Å². The van der Waals surface area contributed by atoms with E-state index in [9.17, 15) is 18.8 Å². The number of nitrogens with zero attached hydrogens (tertiary/aromatic N) is 7. The van der Waals surface area contributed by atoms with Crippen molar-refractivity contribution in [2.45, 2.75) is 51.0 Å². The minimum Gasteiger partial charge on any atom is -0.367 e. The number of halogens is 1. The van der Waals surface area contributed by atoms with Gasteiger partial charge in [0.05, 0.1) is 36.5 Å². The monoisotopic (exact) mass is 587 g/mol. The minimum absolute atomic E-state index is 0.0417. The fraction of sp³-hybridized carbons (Fsp3) is 0.400. The number of rotatable bonds is 8. The Morgan fingerprint density at radius 1 is 1.07 bits per heavy atom. The number of hydrogen-bond donors (Lipinski definition) is 2. The molecule has 0 radical (unpaired) electrons. The number of aryl methyl sites for hydroxylation is 1. The van der Waals surface area contributed by atoms with Gasteiger partial charge in [0, 0.05) is 67.1 Å². The predicted octanol–water partition coefficient (Wildman–Crippen LogP) is 2.84. The van der Waals surface area contributed by atoms with Gasteiger partial charge in [-0.2, -0.15) is 5.10 Å². The molecule has 13 heteroatoms. The van der Waals surface area contributed by atoms with E-state index in [0.717, 1.165) is 30.8 Å². The van der Waals surface area contributed by atoms with E-state index in [-0.39, 0.29) is 43.1 Å². The molecular formula is C30H34FN9O3. The summed E-state index contributed by atoms with van der Waals surface area (Å²) in [4.78, 5) is 51.0. The SMILES string of the molecule is CC(=O)c1cn(CC(=O)N2CC(F)CC2C(=O)NC2CCCN(c3cnn(C)c3)C2)c2ccc(Nc3cncnc3)cc12. The van der Waals surface area contributed by atoms with Crippen LogP contribution in [-0.2, 0) is 23.2 Å². The fourth-order valence-corrected chi connectivity index (χ4v) is 6.06. The number of benzene rings is 1. The van der Waals surface area contributed by atoms with E-state index in [0.29, 0.717) is 28.7 Å². The number of amides is 2. The van der Waals surface area contributed by atoms with Crippen LogP contribution in [0.1, 0.15) is 36.5 Å². The van der Waals surface area contributed by atoms with Crippen LogP contribution < -0.4 is 15.5 Å². The van der Waals surface area contributed by atoms with Gasteiger partial charge in [0.15, 0.2) is 5.78 Å². The molecule has 0 bridgehead atoms. The molecule has 2 saturated heterocycles. The Morgan fingerprint density at radius 2 is 1.88 bits per heavy atom. The third-order valence-electron chi connectivity index (χ3n) is 8.11. The van der Waals surface area contributed by atoms with Crippen molar-refractivity contribution < 1.29 is 18.8 Å². The summed E-state index contributed by atoms with van der Waals surface area (Å²) in [5.74, 6) is -0.864. The number of alkyl halides is 1. The van der Waals surface area contributed by atoms with Crippen LogP contribution in [0.3, 0.4) is 0 Å². The molecule has 2 amide bonds. The van der Waals surface area contributed by atoms with Crippen LogP contribution in [0.2, 0.25) is 0 Å². The molecule has 3 aromatic heterocycles. The van der Waals surface area contributed by atoms with Gasteiger partial charge in [-0.1, -0.05) is 0 Å². The summed E-state index contributed by atoms with van der Waals surface area (Å²) in [6.45, 7) is 2.69. The lowest BCUT2D eigenvalue weighted by Gasteiger charge is -2.35. The van der Waals surface area contributed by atoms with Crippen molar-refractivity contribution in [1.29, 1.82) is 0 Å². The van der Waals surface area contributed by atoms with Gasteiger partial charge < -0.3 is 25.0 Å². The first-order chi connectivity index (χ1) is 20.7. The molecule has 43 heavy (non-hydrogen) atoms. The highest BCUT2D eigenvalue weighted by Crippen LogP contribution is 2.28. The molecule has 2 aliphatic heterocycles. The van der Waals surface area contributed by atoms with Crippen molar-refractivity contribution in [3.63, 3.8) is 0 Å². The van der Waals surface area contributed by atoms with E-state index in [2.05, 4.69) is 30.6 Å². The Hall–Kier alpha value is -4.81. The lowest BCUT2D eigenvalue weighted by molar-refractivity contribution is -0.139. The molecule has 4 aromatic rings. The number of ketones is 1. The molecule has 12 nitrogen and oxygen atoms in total. The van der Waals surface area contributed by atoms with Crippen molar-refractivity contribution in [3.8, 4) is 0 Å². The zero-order valence-corrected chi connectivity index (χ0v) is 24.1. The molecule has 0 aliphatic carbocycles. The van der Waals surface area contributed by atoms with E-state index in [1.807, 2.05) is 31.4 Å². The maximum absolute atomic E-state index is 14.7. The number of nitrogens with one attached hydrogen (secondary N) is 2. The normalized spacial score (nSPS) is 20.4. The zero-order chi connectivity index (χ0) is 30.1. The van der Waals surface area contributed by atoms with Gasteiger partial charge in [-0.15, -0.1) is 0 Å². The number of carbonyl (C=O) groups excluding carboxylic acids is 3. The van der Waals surface area contributed by atoms with E-state index in [1.165, 1.54) is 18.2 Å². The highest BCUT2D eigenvalue weighted by Gasteiger charge is 2.40. The first-order valence-electron chi connectivity index (χ1n) is 14.4. The second-order valence-electron chi connectivity index (χ2n) is 11.3. The lowest BCUT2D eigenvalue weighted by atomic mass is 10.0. The summed E-state index contributed by atoms with van der Waals surface area (Å²) in [6.07, 6.45) is 10.5. The number of Topliss-reactive ketones (excluding diaryl/α,β-unsaturated/α-hetero) is 1. The number of carbonyl (C=O) groups is 3. The number of fused-ring (bicyclic) bond motifs is 1. The van der Waals surface area contributed by atoms with Gasteiger partial charge in [-0.25, -0.2) is 14.4 Å². The lowest BCUT2D eigenvalue weighted by Crippen LogP contribution is -2.53.